The predicted molar refractivity (Wildman–Crippen MR) is 133 cm³/mol. The average molecular weight is 541 g/mol. The van der Waals surface area contributed by atoms with Gasteiger partial charge in [0.2, 0.25) is 6.29 Å². The number of benzene rings is 3. The lowest BCUT2D eigenvalue weighted by molar-refractivity contribution is -0.243. The van der Waals surface area contributed by atoms with Gasteiger partial charge in [0.1, 0.15) is 0 Å². The van der Waals surface area contributed by atoms with E-state index < -0.39 is 52.6 Å². The maximum Gasteiger partial charge on any atom is 0.340 e. The Hall–Kier alpha value is -4.06. The third-order valence-corrected chi connectivity index (χ3v) is 5.99. The van der Waals surface area contributed by atoms with Crippen LogP contribution in [0.3, 0.4) is 0 Å². The third-order valence-electron chi connectivity index (χ3n) is 5.42. The van der Waals surface area contributed by atoms with E-state index in [9.17, 15) is 22.8 Å². The van der Waals surface area contributed by atoms with Gasteiger partial charge in [-0.2, -0.15) is 8.42 Å². The molecule has 0 bridgehead atoms. The topological polar surface area (TPSA) is 132 Å². The monoisotopic (exact) mass is 540 g/mol. The Bertz CT molecular complexity index is 1360. The SMILES string of the molecule is CS(=O)(=O)O[C@@H]1[C@H](OC(=O)c2ccccc2)OC[C@@H](OC(=O)c2ccccc2)[C@@H]1OC(=O)c1ccccc1. The van der Waals surface area contributed by atoms with Crippen molar-refractivity contribution in [3.05, 3.63) is 108 Å². The van der Waals surface area contributed by atoms with E-state index in [1.165, 1.54) is 36.4 Å². The summed E-state index contributed by atoms with van der Waals surface area (Å²) in [5.74, 6) is -2.43. The summed E-state index contributed by atoms with van der Waals surface area (Å²) >= 11 is 0. The average Bonchev–Trinajstić information content (AvgIpc) is 2.92. The molecule has 0 aliphatic carbocycles. The smallest absolute Gasteiger partial charge is 0.340 e. The zero-order valence-electron chi connectivity index (χ0n) is 20.2. The van der Waals surface area contributed by atoms with E-state index in [1.54, 1.807) is 54.6 Å². The van der Waals surface area contributed by atoms with E-state index in [0.29, 0.717) is 0 Å². The maximum absolute atomic E-state index is 13.0. The highest BCUT2D eigenvalue weighted by Crippen LogP contribution is 2.28. The number of ether oxygens (including phenoxy) is 4. The molecule has 3 aromatic carbocycles. The van der Waals surface area contributed by atoms with Crippen LogP contribution in [-0.4, -0.2) is 63.8 Å². The number of rotatable bonds is 8. The van der Waals surface area contributed by atoms with Gasteiger partial charge in [-0.15, -0.1) is 0 Å². The molecule has 38 heavy (non-hydrogen) atoms. The summed E-state index contributed by atoms with van der Waals surface area (Å²) in [6.07, 6.45) is -5.34. The minimum Gasteiger partial charge on any atom is -0.452 e. The molecule has 0 aromatic heterocycles. The fourth-order valence-electron chi connectivity index (χ4n) is 3.69. The minimum atomic E-state index is -4.20. The first-order chi connectivity index (χ1) is 18.2. The lowest BCUT2D eigenvalue weighted by Crippen LogP contribution is -2.58. The quantitative estimate of drug-likeness (QED) is 0.239. The van der Waals surface area contributed by atoms with Crippen LogP contribution >= 0.6 is 0 Å². The van der Waals surface area contributed by atoms with Crippen molar-refractivity contribution in [1.82, 2.24) is 0 Å². The molecule has 198 valence electrons. The molecule has 0 N–H and O–H groups in total. The Balaban J connectivity index is 1.65. The molecule has 11 heteroatoms. The fraction of sp³-hybridized carbons (Fsp3) is 0.222. The summed E-state index contributed by atoms with van der Waals surface area (Å²) in [6.45, 7) is -0.387. The molecule has 0 saturated carbocycles. The standard InChI is InChI=1S/C27H24O10S/c1-38(31,32)37-23-22(35-25(29)19-13-7-3-8-14-19)21(34-24(28)18-11-5-2-6-12-18)17-33-27(23)36-26(30)20-15-9-4-10-16-20/h2-16,21-23,27H,17H2,1H3/t21-,22+,23+,27+/m1/s1. The van der Waals surface area contributed by atoms with Crippen LogP contribution in [-0.2, 0) is 33.2 Å². The van der Waals surface area contributed by atoms with Crippen LogP contribution in [0.5, 0.6) is 0 Å². The highest BCUT2D eigenvalue weighted by molar-refractivity contribution is 7.86. The molecule has 0 spiro atoms. The highest BCUT2D eigenvalue weighted by atomic mass is 32.2. The summed E-state index contributed by atoms with van der Waals surface area (Å²) < 4.78 is 51.8. The molecule has 3 aromatic rings. The molecule has 1 heterocycles. The fourth-order valence-corrected chi connectivity index (χ4v) is 4.29. The molecule has 0 radical (unpaired) electrons. The van der Waals surface area contributed by atoms with Crippen LogP contribution in [0, 0.1) is 0 Å². The van der Waals surface area contributed by atoms with E-state index in [-0.39, 0.29) is 23.3 Å². The first kappa shape index (κ1) is 27.0. The number of carbonyl (C=O) groups is 3. The highest BCUT2D eigenvalue weighted by Gasteiger charge is 2.49. The Labute approximate surface area is 219 Å². The van der Waals surface area contributed by atoms with E-state index in [2.05, 4.69) is 0 Å². The van der Waals surface area contributed by atoms with E-state index >= 15 is 0 Å². The van der Waals surface area contributed by atoms with E-state index in [4.69, 9.17) is 23.1 Å². The predicted octanol–water partition coefficient (Wildman–Crippen LogP) is 3.00. The van der Waals surface area contributed by atoms with Crippen molar-refractivity contribution in [2.75, 3.05) is 12.9 Å². The van der Waals surface area contributed by atoms with Gasteiger partial charge in [0.15, 0.2) is 18.3 Å². The molecular weight excluding hydrogens is 516 g/mol. The van der Waals surface area contributed by atoms with Gasteiger partial charge in [-0.1, -0.05) is 54.6 Å². The van der Waals surface area contributed by atoms with Gasteiger partial charge in [0, 0.05) is 0 Å². The van der Waals surface area contributed by atoms with Crippen LogP contribution in [0.15, 0.2) is 91.0 Å². The van der Waals surface area contributed by atoms with Crippen molar-refractivity contribution in [3.8, 4) is 0 Å². The third kappa shape index (κ3) is 7.03. The zero-order valence-corrected chi connectivity index (χ0v) is 21.0. The summed E-state index contributed by atoms with van der Waals surface area (Å²) in [7, 11) is -4.20. The molecule has 10 nitrogen and oxygen atoms in total. The normalized spacial score (nSPS) is 21.2. The van der Waals surface area contributed by atoms with Crippen molar-refractivity contribution < 1.29 is 45.9 Å². The van der Waals surface area contributed by atoms with E-state index in [0.717, 1.165) is 6.26 Å². The Morgan fingerprint density at radius 1 is 0.658 bits per heavy atom. The number of esters is 3. The second-order valence-corrected chi connectivity index (χ2v) is 9.88. The lowest BCUT2D eigenvalue weighted by atomic mass is 10.0. The summed E-state index contributed by atoms with van der Waals surface area (Å²) in [5.41, 5.74) is 0.534. The van der Waals surface area contributed by atoms with Gasteiger partial charge in [-0.25, -0.2) is 14.4 Å². The van der Waals surface area contributed by atoms with Crippen LogP contribution in [0.2, 0.25) is 0 Å². The summed E-state index contributed by atoms with van der Waals surface area (Å²) in [4.78, 5) is 38.5. The van der Waals surface area contributed by atoms with Gasteiger partial charge in [-0.05, 0) is 36.4 Å². The van der Waals surface area contributed by atoms with E-state index in [1.807, 2.05) is 0 Å². The molecular formula is C27H24O10S. The van der Waals surface area contributed by atoms with Crippen LogP contribution < -0.4 is 0 Å². The van der Waals surface area contributed by atoms with Crippen molar-refractivity contribution >= 4 is 28.0 Å². The molecule has 1 aliphatic heterocycles. The second kappa shape index (κ2) is 12.0. The molecule has 1 aliphatic rings. The van der Waals surface area contributed by atoms with Crippen molar-refractivity contribution in [1.29, 1.82) is 0 Å². The van der Waals surface area contributed by atoms with Crippen molar-refractivity contribution in [2.24, 2.45) is 0 Å². The van der Waals surface area contributed by atoms with Crippen molar-refractivity contribution in [3.63, 3.8) is 0 Å². The van der Waals surface area contributed by atoms with Crippen LogP contribution in [0.4, 0.5) is 0 Å². The Kier molecular flexibility index (Phi) is 8.52. The number of hydrogen-bond donors (Lipinski definition) is 0. The Morgan fingerprint density at radius 2 is 1.08 bits per heavy atom. The second-order valence-electron chi connectivity index (χ2n) is 8.28. The number of hydrogen-bond acceptors (Lipinski definition) is 10. The molecule has 1 fully saturated rings. The largest absolute Gasteiger partial charge is 0.452 e. The van der Waals surface area contributed by atoms with Gasteiger partial charge in [0.25, 0.3) is 10.1 Å². The van der Waals surface area contributed by atoms with Crippen molar-refractivity contribution in [2.45, 2.75) is 24.6 Å². The maximum atomic E-state index is 13.0. The van der Waals surface area contributed by atoms with Crippen LogP contribution in [0.25, 0.3) is 0 Å². The molecule has 1 saturated heterocycles. The molecule has 0 amide bonds. The van der Waals surface area contributed by atoms with Crippen LogP contribution in [0.1, 0.15) is 31.1 Å². The number of carbonyl (C=O) groups excluding carboxylic acids is 3. The summed E-state index contributed by atoms with van der Waals surface area (Å²) in [6, 6.07) is 23.9. The minimum absolute atomic E-state index is 0.156. The zero-order chi connectivity index (χ0) is 27.1. The molecule has 4 atom stereocenters. The Morgan fingerprint density at radius 3 is 1.53 bits per heavy atom. The first-order valence-electron chi connectivity index (χ1n) is 11.5. The molecule has 4 rings (SSSR count). The van der Waals surface area contributed by atoms with Gasteiger partial charge in [-0.3, -0.25) is 4.18 Å². The first-order valence-corrected chi connectivity index (χ1v) is 13.3. The van der Waals surface area contributed by atoms with Gasteiger partial charge in [0.05, 0.1) is 29.6 Å². The molecule has 0 unspecified atom stereocenters. The summed E-state index contributed by atoms with van der Waals surface area (Å²) in [5, 5.41) is 0. The lowest BCUT2D eigenvalue weighted by Gasteiger charge is -2.39. The van der Waals surface area contributed by atoms with Gasteiger partial charge < -0.3 is 18.9 Å². The van der Waals surface area contributed by atoms with Gasteiger partial charge >= 0.3 is 17.9 Å².